The molecule has 2 aliphatic rings. The van der Waals surface area contributed by atoms with Crippen molar-refractivity contribution in [3.63, 3.8) is 0 Å². The highest BCUT2D eigenvalue weighted by atomic mass is 16.5. The van der Waals surface area contributed by atoms with Crippen LogP contribution >= 0.6 is 0 Å². The summed E-state index contributed by atoms with van der Waals surface area (Å²) in [6.07, 6.45) is 1.32. The number of nitrogens with one attached hydrogen (secondary N) is 1. The van der Waals surface area contributed by atoms with Crippen molar-refractivity contribution < 1.29 is 19.4 Å². The van der Waals surface area contributed by atoms with E-state index in [2.05, 4.69) is 10.2 Å². The van der Waals surface area contributed by atoms with Crippen LogP contribution in [-0.4, -0.2) is 45.2 Å². The maximum Gasteiger partial charge on any atom is 0.356 e. The Hall–Kier alpha value is -2.83. The molecular formula is C16H15N3O4. The first kappa shape index (κ1) is 13.8. The molecule has 0 bridgehead atoms. The number of nitrogens with zero attached hydrogens (tertiary/aromatic N) is 2. The lowest BCUT2D eigenvalue weighted by Gasteiger charge is -2.27. The maximum absolute atomic E-state index is 12.7. The Morgan fingerprint density at radius 3 is 3.00 bits per heavy atom. The monoisotopic (exact) mass is 313 g/mol. The Labute approximate surface area is 131 Å². The summed E-state index contributed by atoms with van der Waals surface area (Å²) in [6, 6.07) is 5.50. The van der Waals surface area contributed by atoms with Gasteiger partial charge >= 0.3 is 5.97 Å². The molecule has 23 heavy (non-hydrogen) atoms. The average Bonchev–Trinajstić information content (AvgIpc) is 3.19. The summed E-state index contributed by atoms with van der Waals surface area (Å²) in [4.78, 5) is 25.5. The van der Waals surface area contributed by atoms with Crippen LogP contribution in [0.2, 0.25) is 0 Å². The predicted octanol–water partition coefficient (Wildman–Crippen LogP) is 1.24. The molecule has 1 aromatic carbocycles. The average molecular weight is 313 g/mol. The number of hydrogen-bond acceptors (Lipinski definition) is 4. The van der Waals surface area contributed by atoms with Gasteiger partial charge < -0.3 is 14.7 Å². The lowest BCUT2D eigenvalue weighted by molar-refractivity contribution is 0.0689. The van der Waals surface area contributed by atoms with Gasteiger partial charge in [0.05, 0.1) is 18.8 Å². The molecule has 3 heterocycles. The van der Waals surface area contributed by atoms with E-state index in [0.717, 1.165) is 17.7 Å². The van der Waals surface area contributed by atoms with Gasteiger partial charge in [0.25, 0.3) is 5.91 Å². The van der Waals surface area contributed by atoms with Gasteiger partial charge in [0.15, 0.2) is 5.69 Å². The number of carboxylic acid groups (broad SMARTS) is 1. The molecule has 1 aromatic heterocycles. The number of H-pyrrole nitrogens is 1. The predicted molar refractivity (Wildman–Crippen MR) is 79.6 cm³/mol. The van der Waals surface area contributed by atoms with Gasteiger partial charge in [-0.1, -0.05) is 0 Å². The van der Waals surface area contributed by atoms with E-state index in [9.17, 15) is 9.59 Å². The largest absolute Gasteiger partial charge is 0.493 e. The molecule has 0 aliphatic carbocycles. The number of ether oxygens (including phenoxy) is 1. The summed E-state index contributed by atoms with van der Waals surface area (Å²) < 4.78 is 5.46. The number of aromatic amines is 1. The molecule has 7 nitrogen and oxygen atoms in total. The van der Waals surface area contributed by atoms with Gasteiger partial charge in [0.1, 0.15) is 5.75 Å². The van der Waals surface area contributed by atoms with Gasteiger partial charge in [0.2, 0.25) is 0 Å². The first-order chi connectivity index (χ1) is 11.1. The first-order valence-corrected chi connectivity index (χ1v) is 7.48. The summed E-state index contributed by atoms with van der Waals surface area (Å²) in [6.45, 7) is 1.49. The van der Waals surface area contributed by atoms with E-state index in [1.807, 2.05) is 12.1 Å². The molecule has 2 aliphatic heterocycles. The Morgan fingerprint density at radius 2 is 2.17 bits per heavy atom. The molecule has 0 fully saturated rings. The van der Waals surface area contributed by atoms with Crippen LogP contribution in [0, 0.1) is 0 Å². The Balaban J connectivity index is 1.57. The van der Waals surface area contributed by atoms with E-state index in [4.69, 9.17) is 9.84 Å². The van der Waals surface area contributed by atoms with Crippen molar-refractivity contribution in [1.82, 2.24) is 15.1 Å². The van der Waals surface area contributed by atoms with Crippen molar-refractivity contribution in [2.75, 3.05) is 13.2 Å². The molecule has 0 radical (unpaired) electrons. The van der Waals surface area contributed by atoms with Crippen molar-refractivity contribution in [2.24, 2.45) is 0 Å². The minimum absolute atomic E-state index is 0.0572. The number of carbonyl (C=O) groups excluding carboxylic acids is 1. The second kappa shape index (κ2) is 5.12. The third-order valence-corrected chi connectivity index (χ3v) is 4.36. The summed E-state index contributed by atoms with van der Waals surface area (Å²) in [5.41, 5.74) is 3.15. The highest BCUT2D eigenvalue weighted by Crippen LogP contribution is 2.27. The summed E-state index contributed by atoms with van der Waals surface area (Å²) >= 11 is 0. The van der Waals surface area contributed by atoms with Gasteiger partial charge in [-0.2, -0.15) is 5.10 Å². The topological polar surface area (TPSA) is 95.5 Å². The molecule has 0 unspecified atom stereocenters. The summed E-state index contributed by atoms with van der Waals surface area (Å²) in [7, 11) is 0. The smallest absolute Gasteiger partial charge is 0.356 e. The fourth-order valence-electron chi connectivity index (χ4n) is 3.17. The zero-order chi connectivity index (χ0) is 16.0. The maximum atomic E-state index is 12.7. The molecule has 0 spiro atoms. The first-order valence-electron chi connectivity index (χ1n) is 7.48. The van der Waals surface area contributed by atoms with Crippen LogP contribution in [0.4, 0.5) is 0 Å². The van der Waals surface area contributed by atoms with Crippen molar-refractivity contribution in [2.45, 2.75) is 19.4 Å². The van der Waals surface area contributed by atoms with E-state index in [-0.39, 0.29) is 11.6 Å². The molecule has 118 valence electrons. The van der Waals surface area contributed by atoms with Crippen LogP contribution in [0.5, 0.6) is 5.75 Å². The highest BCUT2D eigenvalue weighted by molar-refractivity contribution is 5.95. The van der Waals surface area contributed by atoms with Crippen molar-refractivity contribution >= 4 is 11.9 Å². The Bertz CT molecular complexity index is 812. The lowest BCUT2D eigenvalue weighted by Crippen LogP contribution is -2.36. The zero-order valence-corrected chi connectivity index (χ0v) is 12.3. The molecule has 1 amide bonds. The Kier molecular flexibility index (Phi) is 3.07. The number of carboxylic acids is 1. The molecule has 0 saturated carbocycles. The van der Waals surface area contributed by atoms with Crippen molar-refractivity contribution in [3.8, 4) is 5.75 Å². The number of rotatable bonds is 2. The standard InChI is InChI=1S/C16H15N3O4/c20-15(10-1-2-13-9(7-10)4-6-23-13)19-5-3-11-12(8-19)17-18-14(11)16(21)22/h1-2,7H,3-6,8H2,(H,17,18)(H,21,22). The molecule has 7 heteroatoms. The van der Waals surface area contributed by atoms with Gasteiger partial charge in [-0.3, -0.25) is 9.89 Å². The number of amides is 1. The van der Waals surface area contributed by atoms with Crippen molar-refractivity contribution in [1.29, 1.82) is 0 Å². The van der Waals surface area contributed by atoms with E-state index in [0.29, 0.717) is 42.9 Å². The molecule has 0 saturated heterocycles. The molecule has 4 rings (SSSR count). The minimum atomic E-state index is -1.04. The highest BCUT2D eigenvalue weighted by Gasteiger charge is 2.28. The minimum Gasteiger partial charge on any atom is -0.493 e. The number of aromatic carboxylic acids is 1. The van der Waals surface area contributed by atoms with E-state index < -0.39 is 5.97 Å². The van der Waals surface area contributed by atoms with Crippen LogP contribution in [-0.2, 0) is 19.4 Å². The van der Waals surface area contributed by atoms with Gasteiger partial charge in [0, 0.05) is 24.1 Å². The normalized spacial score (nSPS) is 15.7. The second-order valence-corrected chi connectivity index (χ2v) is 5.73. The van der Waals surface area contributed by atoms with Crippen LogP contribution in [0.15, 0.2) is 18.2 Å². The van der Waals surface area contributed by atoms with Crippen LogP contribution < -0.4 is 4.74 Å². The molecule has 2 aromatic rings. The molecule has 2 N–H and O–H groups in total. The summed E-state index contributed by atoms with van der Waals surface area (Å²) in [5.74, 6) is -0.250. The number of aromatic nitrogens is 2. The number of fused-ring (bicyclic) bond motifs is 2. The zero-order valence-electron chi connectivity index (χ0n) is 12.3. The van der Waals surface area contributed by atoms with E-state index in [1.165, 1.54) is 0 Å². The lowest BCUT2D eigenvalue weighted by atomic mass is 10.0. The van der Waals surface area contributed by atoms with E-state index in [1.54, 1.807) is 11.0 Å². The summed E-state index contributed by atoms with van der Waals surface area (Å²) in [5, 5.41) is 15.7. The van der Waals surface area contributed by atoms with Crippen LogP contribution in [0.1, 0.15) is 37.7 Å². The van der Waals surface area contributed by atoms with E-state index >= 15 is 0 Å². The third-order valence-electron chi connectivity index (χ3n) is 4.36. The third kappa shape index (κ3) is 2.25. The molecular weight excluding hydrogens is 298 g/mol. The Morgan fingerprint density at radius 1 is 1.30 bits per heavy atom. The number of carbonyl (C=O) groups is 2. The SMILES string of the molecule is O=C(O)c1n[nH]c2c1CCN(C(=O)c1ccc3c(c1)CCO3)C2. The van der Waals surface area contributed by atoms with Gasteiger partial charge in [-0.15, -0.1) is 0 Å². The van der Waals surface area contributed by atoms with Gasteiger partial charge in [-0.25, -0.2) is 4.79 Å². The van der Waals surface area contributed by atoms with Crippen LogP contribution in [0.25, 0.3) is 0 Å². The number of benzene rings is 1. The fourth-order valence-corrected chi connectivity index (χ4v) is 3.17. The van der Waals surface area contributed by atoms with Crippen LogP contribution in [0.3, 0.4) is 0 Å². The second-order valence-electron chi connectivity index (χ2n) is 5.73. The fraction of sp³-hybridized carbons (Fsp3) is 0.312. The van der Waals surface area contributed by atoms with Gasteiger partial charge in [-0.05, 0) is 30.2 Å². The molecule has 0 atom stereocenters. The quantitative estimate of drug-likeness (QED) is 0.869. The van der Waals surface area contributed by atoms with Crippen molar-refractivity contribution in [3.05, 3.63) is 46.3 Å². The number of hydrogen-bond donors (Lipinski definition) is 2.